The van der Waals surface area contributed by atoms with Crippen LogP contribution >= 0.6 is 0 Å². The third kappa shape index (κ3) is 2.73. The summed E-state index contributed by atoms with van der Waals surface area (Å²) in [6.45, 7) is 0. The molecule has 2 heterocycles. The Morgan fingerprint density at radius 3 is 2.44 bits per heavy atom. The van der Waals surface area contributed by atoms with Crippen LogP contribution in [-0.2, 0) is 7.05 Å². The fourth-order valence-electron chi connectivity index (χ4n) is 5.88. The lowest BCUT2D eigenvalue weighted by Gasteiger charge is -2.59. The zero-order valence-electron chi connectivity index (χ0n) is 18.2. The first kappa shape index (κ1) is 19.2. The van der Waals surface area contributed by atoms with Crippen molar-refractivity contribution in [1.29, 1.82) is 0 Å². The molecular formula is C25H25N5O2. The van der Waals surface area contributed by atoms with Gasteiger partial charge >= 0.3 is 0 Å². The number of para-hydroxylation sites is 1. The van der Waals surface area contributed by atoms with Crippen molar-refractivity contribution >= 4 is 27.6 Å². The summed E-state index contributed by atoms with van der Waals surface area (Å²) in [4.78, 5) is 27.1. The molecule has 0 unspecified atom stereocenters. The third-order valence-electron chi connectivity index (χ3n) is 7.64. The van der Waals surface area contributed by atoms with E-state index < -0.39 is 0 Å². The molecule has 2 saturated carbocycles. The van der Waals surface area contributed by atoms with Crippen LogP contribution in [0.2, 0.25) is 0 Å². The molecule has 2 aliphatic rings. The zero-order chi connectivity index (χ0) is 22.0. The largest absolute Gasteiger partial charge is 0.337 e. The zero-order valence-corrected chi connectivity index (χ0v) is 18.2. The van der Waals surface area contributed by atoms with Gasteiger partial charge in [0.25, 0.3) is 11.5 Å². The number of aromatic amines is 1. The summed E-state index contributed by atoms with van der Waals surface area (Å²) in [5, 5.41) is 14.1. The van der Waals surface area contributed by atoms with Gasteiger partial charge in [0.15, 0.2) is 5.69 Å². The highest BCUT2D eigenvalue weighted by molar-refractivity contribution is 6.04. The average Bonchev–Trinajstić information content (AvgIpc) is 3.09. The summed E-state index contributed by atoms with van der Waals surface area (Å²) in [6, 6.07) is 15.8. The number of hydrogen-bond acceptors (Lipinski definition) is 4. The van der Waals surface area contributed by atoms with E-state index in [0.29, 0.717) is 17.0 Å². The number of aromatic nitrogens is 4. The number of amides is 1. The number of aryl methyl sites for hydroxylation is 1. The Bertz CT molecular complexity index is 1420. The van der Waals surface area contributed by atoms with E-state index in [1.165, 1.54) is 0 Å². The van der Waals surface area contributed by atoms with Crippen LogP contribution < -0.4 is 5.56 Å². The molecule has 1 amide bonds. The van der Waals surface area contributed by atoms with Crippen molar-refractivity contribution in [3.63, 3.8) is 0 Å². The van der Waals surface area contributed by atoms with Crippen molar-refractivity contribution in [2.75, 3.05) is 7.05 Å². The van der Waals surface area contributed by atoms with Gasteiger partial charge < -0.3 is 4.90 Å². The maximum absolute atomic E-state index is 13.2. The van der Waals surface area contributed by atoms with Gasteiger partial charge in [0.2, 0.25) is 0 Å². The lowest BCUT2D eigenvalue weighted by atomic mass is 9.49. The van der Waals surface area contributed by atoms with Crippen molar-refractivity contribution < 1.29 is 4.79 Å². The minimum Gasteiger partial charge on any atom is -0.337 e. The highest BCUT2D eigenvalue weighted by Gasteiger charge is 2.55. The second-order valence-corrected chi connectivity index (χ2v) is 9.56. The number of hydrogen-bond donors (Lipinski definition) is 1. The predicted molar refractivity (Wildman–Crippen MR) is 123 cm³/mol. The molecule has 0 saturated heterocycles. The Kier molecular flexibility index (Phi) is 4.06. The van der Waals surface area contributed by atoms with Gasteiger partial charge in [-0.3, -0.25) is 14.3 Å². The molecule has 2 aromatic heterocycles. The number of carbonyl (C=O) groups is 1. The van der Waals surface area contributed by atoms with Crippen LogP contribution in [-0.4, -0.2) is 43.9 Å². The fourth-order valence-corrected chi connectivity index (χ4v) is 5.88. The quantitative estimate of drug-likeness (QED) is 0.541. The maximum atomic E-state index is 13.2. The highest BCUT2D eigenvalue weighted by Crippen LogP contribution is 2.63. The summed E-state index contributed by atoms with van der Waals surface area (Å²) in [5.74, 6) is 0.351. The number of rotatable bonds is 3. The van der Waals surface area contributed by atoms with Gasteiger partial charge in [-0.05, 0) is 43.2 Å². The summed E-state index contributed by atoms with van der Waals surface area (Å²) in [5.41, 5.74) is 2.65. The Morgan fingerprint density at radius 2 is 1.69 bits per heavy atom. The summed E-state index contributed by atoms with van der Waals surface area (Å²) < 4.78 is 1.77. The van der Waals surface area contributed by atoms with E-state index in [1.807, 2.05) is 67.5 Å². The minimum atomic E-state index is -0.135. The van der Waals surface area contributed by atoms with Gasteiger partial charge in [0, 0.05) is 36.8 Å². The van der Waals surface area contributed by atoms with Crippen LogP contribution in [0.3, 0.4) is 0 Å². The van der Waals surface area contributed by atoms with Crippen molar-refractivity contribution in [2.24, 2.45) is 12.5 Å². The Balaban J connectivity index is 1.16. The molecule has 1 spiro atoms. The second-order valence-electron chi connectivity index (χ2n) is 9.56. The lowest BCUT2D eigenvalue weighted by molar-refractivity contribution is -0.0531. The van der Waals surface area contributed by atoms with Crippen LogP contribution in [0.1, 0.15) is 47.8 Å². The van der Waals surface area contributed by atoms with Crippen LogP contribution in [0.25, 0.3) is 21.7 Å². The first-order valence-electron chi connectivity index (χ1n) is 11.1. The first-order valence-corrected chi connectivity index (χ1v) is 11.1. The Morgan fingerprint density at radius 1 is 1.03 bits per heavy atom. The van der Waals surface area contributed by atoms with E-state index >= 15 is 0 Å². The molecule has 7 nitrogen and oxygen atoms in total. The standard InChI is InChI=1S/C25H25N5O2/c1-29(24(32)22-19-9-5-6-10-20(19)30(2)28-22)16-13-25(14-16)11-15(12-25)21-17-7-3-4-8-18(17)23(31)27-26-21/h3-10,15-16H,11-14H2,1-2H3,(H,27,31)/t15-,16-,25?. The molecular weight excluding hydrogens is 402 g/mol. The summed E-state index contributed by atoms with van der Waals surface area (Å²) in [7, 11) is 3.77. The van der Waals surface area contributed by atoms with Gasteiger partial charge in [-0.25, -0.2) is 5.10 Å². The van der Waals surface area contributed by atoms with Crippen LogP contribution in [0.15, 0.2) is 53.3 Å². The van der Waals surface area contributed by atoms with Gasteiger partial charge in [0.1, 0.15) is 0 Å². The molecule has 7 heteroatoms. The molecule has 162 valence electrons. The van der Waals surface area contributed by atoms with E-state index in [1.54, 1.807) is 4.68 Å². The molecule has 2 aliphatic carbocycles. The SMILES string of the molecule is Cn1nc(C(=O)N(C)[C@H]2CC3(C[C@H](c4n[nH]c(=O)c5ccccc54)C3)C2)c2ccccc21. The normalized spacial score (nSPS) is 24.4. The van der Waals surface area contributed by atoms with E-state index in [9.17, 15) is 9.59 Å². The number of fused-ring (bicyclic) bond motifs is 2. The highest BCUT2D eigenvalue weighted by atomic mass is 16.2. The number of carbonyl (C=O) groups excluding carboxylic acids is 1. The minimum absolute atomic E-state index is 0.00850. The number of H-pyrrole nitrogens is 1. The van der Waals surface area contributed by atoms with Crippen LogP contribution in [0.5, 0.6) is 0 Å². The summed E-state index contributed by atoms with van der Waals surface area (Å²) in [6.07, 6.45) is 4.14. The number of nitrogens with zero attached hydrogens (tertiary/aromatic N) is 4. The topological polar surface area (TPSA) is 83.9 Å². The molecule has 1 N–H and O–H groups in total. The van der Waals surface area contributed by atoms with E-state index in [2.05, 4.69) is 15.3 Å². The second kappa shape index (κ2) is 6.76. The predicted octanol–water partition coefficient (Wildman–Crippen LogP) is 3.61. The van der Waals surface area contributed by atoms with Gasteiger partial charge in [-0.15, -0.1) is 0 Å². The van der Waals surface area contributed by atoms with Gasteiger partial charge in [-0.1, -0.05) is 36.4 Å². The number of benzene rings is 2. The average molecular weight is 428 g/mol. The first-order chi connectivity index (χ1) is 15.5. The number of nitrogens with one attached hydrogen (secondary N) is 1. The Labute approximate surface area is 185 Å². The molecule has 6 rings (SSSR count). The van der Waals surface area contributed by atoms with Crippen molar-refractivity contribution in [1.82, 2.24) is 24.9 Å². The monoisotopic (exact) mass is 427 g/mol. The fraction of sp³-hybridized carbons (Fsp3) is 0.360. The molecule has 0 radical (unpaired) electrons. The molecule has 32 heavy (non-hydrogen) atoms. The molecule has 0 aliphatic heterocycles. The van der Waals surface area contributed by atoms with E-state index in [0.717, 1.165) is 47.7 Å². The van der Waals surface area contributed by atoms with E-state index in [4.69, 9.17) is 0 Å². The molecule has 0 bridgehead atoms. The Hall–Kier alpha value is -3.48. The molecule has 4 aromatic rings. The molecule has 2 fully saturated rings. The van der Waals surface area contributed by atoms with Crippen LogP contribution in [0, 0.1) is 5.41 Å². The summed E-state index contributed by atoms with van der Waals surface area (Å²) >= 11 is 0. The third-order valence-corrected chi connectivity index (χ3v) is 7.64. The van der Waals surface area contributed by atoms with E-state index in [-0.39, 0.29) is 22.9 Å². The molecule has 0 atom stereocenters. The van der Waals surface area contributed by atoms with Crippen molar-refractivity contribution in [3.8, 4) is 0 Å². The van der Waals surface area contributed by atoms with Gasteiger partial charge in [0.05, 0.1) is 16.6 Å². The maximum Gasteiger partial charge on any atom is 0.274 e. The van der Waals surface area contributed by atoms with Crippen LogP contribution in [0.4, 0.5) is 0 Å². The smallest absolute Gasteiger partial charge is 0.274 e. The van der Waals surface area contributed by atoms with Gasteiger partial charge in [-0.2, -0.15) is 10.2 Å². The van der Waals surface area contributed by atoms with Crippen molar-refractivity contribution in [2.45, 2.75) is 37.6 Å². The molecule has 2 aromatic carbocycles. The van der Waals surface area contributed by atoms with Crippen molar-refractivity contribution in [3.05, 3.63) is 70.3 Å². The lowest BCUT2D eigenvalue weighted by Crippen LogP contribution is -2.56.